The average molecular weight is 291 g/mol. The molecule has 3 rings (SSSR count). The number of benzene rings is 1. The second kappa shape index (κ2) is 5.94. The molecule has 0 fully saturated rings. The van der Waals surface area contributed by atoms with Crippen LogP contribution in [0.3, 0.4) is 0 Å². The van der Waals surface area contributed by atoms with Crippen molar-refractivity contribution in [2.45, 2.75) is 38.3 Å². The van der Waals surface area contributed by atoms with Gasteiger partial charge < -0.3 is 5.32 Å². The number of hydrogen-bond acceptors (Lipinski definition) is 3. The predicted octanol–water partition coefficient (Wildman–Crippen LogP) is 3.16. The molecule has 0 radical (unpaired) electrons. The van der Waals surface area contributed by atoms with Crippen LogP contribution in [0.5, 0.6) is 0 Å². The van der Waals surface area contributed by atoms with Crippen LogP contribution in [0, 0.1) is 0 Å². The fourth-order valence-corrected chi connectivity index (χ4v) is 2.93. The van der Waals surface area contributed by atoms with Crippen LogP contribution >= 0.6 is 11.6 Å². The average Bonchev–Trinajstić information content (AvgIpc) is 2.93. The summed E-state index contributed by atoms with van der Waals surface area (Å²) < 4.78 is 2.01. The molecular weight excluding hydrogens is 272 g/mol. The monoisotopic (exact) mass is 290 g/mol. The maximum atomic E-state index is 6.05. The fraction of sp³-hybridized carbons (Fsp3) is 0.467. The molecule has 106 valence electrons. The van der Waals surface area contributed by atoms with E-state index in [9.17, 15) is 0 Å². The second-order valence-electron chi connectivity index (χ2n) is 5.40. The Labute approximate surface area is 124 Å². The van der Waals surface area contributed by atoms with E-state index < -0.39 is 0 Å². The van der Waals surface area contributed by atoms with E-state index in [0.717, 1.165) is 36.8 Å². The summed E-state index contributed by atoms with van der Waals surface area (Å²) in [4.78, 5) is 4.37. The van der Waals surface area contributed by atoms with Gasteiger partial charge in [-0.1, -0.05) is 30.7 Å². The molecule has 4 nitrogen and oxygen atoms in total. The zero-order valence-corrected chi connectivity index (χ0v) is 12.3. The largest absolute Gasteiger partial charge is 0.307 e. The Balaban J connectivity index is 1.63. The second-order valence-corrected chi connectivity index (χ2v) is 5.84. The van der Waals surface area contributed by atoms with Gasteiger partial charge in [0.1, 0.15) is 12.2 Å². The third kappa shape index (κ3) is 2.86. The highest BCUT2D eigenvalue weighted by molar-refractivity contribution is 6.30. The summed E-state index contributed by atoms with van der Waals surface area (Å²) in [5.74, 6) is 1.49. The maximum Gasteiger partial charge on any atom is 0.143 e. The zero-order chi connectivity index (χ0) is 13.9. The van der Waals surface area contributed by atoms with E-state index >= 15 is 0 Å². The molecule has 1 aromatic heterocycles. The number of halogens is 1. The van der Waals surface area contributed by atoms with Crippen molar-refractivity contribution in [3.05, 3.63) is 47.0 Å². The van der Waals surface area contributed by atoms with Crippen molar-refractivity contribution >= 4 is 11.6 Å². The van der Waals surface area contributed by atoms with Crippen LogP contribution in [0.4, 0.5) is 0 Å². The van der Waals surface area contributed by atoms with Crippen LogP contribution in [0.2, 0.25) is 5.02 Å². The highest BCUT2D eigenvalue weighted by Gasteiger charge is 2.22. The summed E-state index contributed by atoms with van der Waals surface area (Å²) in [5, 5.41) is 8.67. The minimum atomic E-state index is 0.313. The van der Waals surface area contributed by atoms with E-state index in [-0.39, 0.29) is 0 Å². The van der Waals surface area contributed by atoms with Crippen LogP contribution < -0.4 is 5.32 Å². The van der Waals surface area contributed by atoms with Gasteiger partial charge in [-0.25, -0.2) is 9.67 Å². The molecule has 1 aliphatic heterocycles. The molecule has 0 unspecified atom stereocenters. The van der Waals surface area contributed by atoms with E-state index in [4.69, 9.17) is 11.6 Å². The molecule has 2 atom stereocenters. The van der Waals surface area contributed by atoms with Crippen LogP contribution in [0.25, 0.3) is 0 Å². The number of aryl methyl sites for hydroxylation is 1. The zero-order valence-electron chi connectivity index (χ0n) is 11.6. The molecule has 0 amide bonds. The maximum absolute atomic E-state index is 6.05. The van der Waals surface area contributed by atoms with Gasteiger partial charge in [0.05, 0.1) is 6.04 Å². The first-order valence-electron chi connectivity index (χ1n) is 7.10. The van der Waals surface area contributed by atoms with Gasteiger partial charge in [0, 0.05) is 18.1 Å². The number of rotatable bonds is 4. The Morgan fingerprint density at radius 2 is 2.40 bits per heavy atom. The van der Waals surface area contributed by atoms with E-state index in [1.807, 2.05) is 22.9 Å². The fourth-order valence-electron chi connectivity index (χ4n) is 2.73. The Morgan fingerprint density at radius 1 is 1.50 bits per heavy atom. The molecule has 0 aliphatic carbocycles. The van der Waals surface area contributed by atoms with Crippen molar-refractivity contribution in [1.82, 2.24) is 20.1 Å². The first kappa shape index (κ1) is 13.6. The molecule has 0 saturated heterocycles. The quantitative estimate of drug-likeness (QED) is 0.940. The topological polar surface area (TPSA) is 42.7 Å². The van der Waals surface area contributed by atoms with Gasteiger partial charge in [0.2, 0.25) is 0 Å². The molecule has 1 aromatic carbocycles. The van der Waals surface area contributed by atoms with Crippen molar-refractivity contribution in [1.29, 1.82) is 0 Å². The van der Waals surface area contributed by atoms with Gasteiger partial charge >= 0.3 is 0 Å². The molecule has 2 aromatic rings. The summed E-state index contributed by atoms with van der Waals surface area (Å²) in [6.45, 7) is 4.11. The molecule has 1 N–H and O–H groups in total. The molecule has 1 aliphatic rings. The lowest BCUT2D eigenvalue weighted by atomic mass is 10.00. The summed E-state index contributed by atoms with van der Waals surface area (Å²) in [7, 11) is 0. The molecule has 0 saturated carbocycles. The number of hydrogen-bond donors (Lipinski definition) is 1. The van der Waals surface area contributed by atoms with Gasteiger partial charge in [-0.05, 0) is 36.5 Å². The van der Waals surface area contributed by atoms with Crippen molar-refractivity contribution in [2.24, 2.45) is 0 Å². The van der Waals surface area contributed by atoms with Gasteiger partial charge in [0.15, 0.2) is 0 Å². The molecular formula is C15H19ClN4. The molecule has 0 spiro atoms. The van der Waals surface area contributed by atoms with E-state index in [2.05, 4.69) is 28.4 Å². The Morgan fingerprint density at radius 3 is 3.25 bits per heavy atom. The van der Waals surface area contributed by atoms with Crippen LogP contribution in [-0.2, 0) is 6.54 Å². The first-order valence-corrected chi connectivity index (χ1v) is 7.48. The van der Waals surface area contributed by atoms with Gasteiger partial charge in [-0.15, -0.1) is 0 Å². The third-order valence-corrected chi connectivity index (χ3v) is 4.14. The highest BCUT2D eigenvalue weighted by Crippen LogP contribution is 2.24. The summed E-state index contributed by atoms with van der Waals surface area (Å²) in [6, 6.07) is 8.40. The lowest BCUT2D eigenvalue weighted by molar-refractivity contribution is 0.362. The highest BCUT2D eigenvalue weighted by atomic mass is 35.5. The predicted molar refractivity (Wildman–Crippen MR) is 79.9 cm³/mol. The minimum Gasteiger partial charge on any atom is -0.307 e. The third-order valence-electron chi connectivity index (χ3n) is 3.91. The SMILES string of the molecule is C[C@@H](CN[C@H]1CCCn2ncnc21)c1cccc(Cl)c1. The Bertz CT molecular complexity index is 581. The van der Waals surface area contributed by atoms with Crippen molar-refractivity contribution < 1.29 is 0 Å². The number of fused-ring (bicyclic) bond motifs is 1. The summed E-state index contributed by atoms with van der Waals surface area (Å²) >= 11 is 6.05. The Hall–Kier alpha value is -1.39. The Kier molecular flexibility index (Phi) is 4.03. The van der Waals surface area contributed by atoms with E-state index in [1.165, 1.54) is 5.56 Å². The number of nitrogens with one attached hydrogen (secondary N) is 1. The molecule has 5 heteroatoms. The van der Waals surface area contributed by atoms with Gasteiger partial charge in [0.25, 0.3) is 0 Å². The van der Waals surface area contributed by atoms with Crippen LogP contribution in [0.15, 0.2) is 30.6 Å². The standard InChI is InChI=1S/C15H19ClN4/c1-11(12-4-2-5-13(16)8-12)9-17-14-6-3-7-20-15(14)18-10-19-20/h2,4-5,8,10-11,14,17H,3,6-7,9H2,1H3/t11-,14-/m0/s1. The molecule has 2 heterocycles. The summed E-state index contributed by atoms with van der Waals surface area (Å²) in [5.41, 5.74) is 1.27. The number of nitrogens with zero attached hydrogens (tertiary/aromatic N) is 3. The summed E-state index contributed by atoms with van der Waals surface area (Å²) in [6.07, 6.45) is 3.93. The molecule has 20 heavy (non-hydrogen) atoms. The molecule has 0 bridgehead atoms. The lowest BCUT2D eigenvalue weighted by Crippen LogP contribution is -2.31. The normalized spacial score (nSPS) is 19.6. The lowest BCUT2D eigenvalue weighted by Gasteiger charge is -2.25. The van der Waals surface area contributed by atoms with Crippen LogP contribution in [0.1, 0.15) is 43.1 Å². The van der Waals surface area contributed by atoms with E-state index in [0.29, 0.717) is 12.0 Å². The van der Waals surface area contributed by atoms with Crippen molar-refractivity contribution in [2.75, 3.05) is 6.54 Å². The first-order chi connectivity index (χ1) is 9.74. The van der Waals surface area contributed by atoms with Gasteiger partial charge in [-0.3, -0.25) is 0 Å². The minimum absolute atomic E-state index is 0.313. The van der Waals surface area contributed by atoms with E-state index in [1.54, 1.807) is 6.33 Å². The van der Waals surface area contributed by atoms with Crippen molar-refractivity contribution in [3.8, 4) is 0 Å². The van der Waals surface area contributed by atoms with Crippen molar-refractivity contribution in [3.63, 3.8) is 0 Å². The smallest absolute Gasteiger partial charge is 0.143 e. The van der Waals surface area contributed by atoms with Crippen LogP contribution in [-0.4, -0.2) is 21.3 Å². The number of aromatic nitrogens is 3. The van der Waals surface area contributed by atoms with Gasteiger partial charge in [-0.2, -0.15) is 5.10 Å².